The molecule has 4 rings (SSSR count). The molecule has 3 saturated carbocycles. The van der Waals surface area contributed by atoms with E-state index in [-0.39, 0.29) is 32.2 Å². The molecule has 220 valence electrons. The fourth-order valence-corrected chi connectivity index (χ4v) is 5.09. The molecule has 39 heavy (non-hydrogen) atoms. The van der Waals surface area contributed by atoms with Crippen LogP contribution in [0.1, 0.15) is 52.4 Å². The molecule has 1 saturated heterocycles. The van der Waals surface area contributed by atoms with Gasteiger partial charge in [0.2, 0.25) is 18.2 Å². The Balaban J connectivity index is 1.73. The van der Waals surface area contributed by atoms with Crippen molar-refractivity contribution in [2.45, 2.75) is 88.5 Å². The molecule has 0 unspecified atom stereocenters. The van der Waals surface area contributed by atoms with Crippen LogP contribution in [0, 0.1) is 11.3 Å². The minimum Gasteiger partial charge on any atom is -0.356 e. The molecule has 4 fully saturated rings. The van der Waals surface area contributed by atoms with Gasteiger partial charge in [0.25, 0.3) is 0 Å². The van der Waals surface area contributed by atoms with Crippen LogP contribution in [-0.4, -0.2) is 78.6 Å². The first-order valence-corrected chi connectivity index (χ1v) is 12.3. The molecule has 4 amide bonds. The highest BCUT2D eigenvalue weighted by molar-refractivity contribution is 6.35. The second-order valence-corrected chi connectivity index (χ2v) is 11.2. The molecule has 16 heteroatoms. The van der Waals surface area contributed by atoms with E-state index < -0.39 is 96.3 Å². The molecule has 3 aliphatic carbocycles. The van der Waals surface area contributed by atoms with Gasteiger partial charge in [-0.15, -0.1) is 13.2 Å². The summed E-state index contributed by atoms with van der Waals surface area (Å²) in [6, 6.07) is -3.51. The summed E-state index contributed by atoms with van der Waals surface area (Å²) >= 11 is 0. The van der Waals surface area contributed by atoms with Gasteiger partial charge < -0.3 is 21.3 Å². The average Bonchev–Trinajstić information content (AvgIpc) is 3.17. The van der Waals surface area contributed by atoms with E-state index in [4.69, 9.17) is 0 Å². The average molecular weight is 573 g/mol. The summed E-state index contributed by atoms with van der Waals surface area (Å²) in [6.45, 7) is 0.895. The first-order chi connectivity index (χ1) is 17.8. The van der Waals surface area contributed by atoms with Crippen molar-refractivity contribution >= 4 is 29.4 Å². The number of carbonyl (C=O) groups excluding carboxylic acids is 5. The van der Waals surface area contributed by atoms with Crippen molar-refractivity contribution in [3.8, 4) is 0 Å². The summed E-state index contributed by atoms with van der Waals surface area (Å²) in [4.78, 5) is 62.5. The summed E-state index contributed by atoms with van der Waals surface area (Å²) < 4.78 is 81.9. The number of carbonyl (C=O) groups is 5. The summed E-state index contributed by atoms with van der Waals surface area (Å²) in [7, 11) is 0. The van der Waals surface area contributed by atoms with Crippen LogP contribution >= 0.6 is 0 Å². The van der Waals surface area contributed by atoms with Gasteiger partial charge in [0, 0.05) is 42.7 Å². The van der Waals surface area contributed by atoms with Gasteiger partial charge >= 0.3 is 18.2 Å². The molecule has 0 aromatic rings. The van der Waals surface area contributed by atoms with Gasteiger partial charge in [-0.1, -0.05) is 13.8 Å². The Bertz CT molecular complexity index is 1000. The summed E-state index contributed by atoms with van der Waals surface area (Å²) in [5, 5.41) is 9.01. The van der Waals surface area contributed by atoms with Crippen molar-refractivity contribution in [3.63, 3.8) is 0 Å². The van der Waals surface area contributed by atoms with Gasteiger partial charge in [0.05, 0.1) is 6.04 Å². The van der Waals surface area contributed by atoms with Crippen LogP contribution in [0.4, 0.5) is 26.3 Å². The van der Waals surface area contributed by atoms with E-state index in [0.717, 1.165) is 13.8 Å². The summed E-state index contributed by atoms with van der Waals surface area (Å²) in [5.74, 6) is -6.42. The lowest BCUT2D eigenvalue weighted by molar-refractivity contribution is -0.321. The fraction of sp³-hybridized carbons (Fsp3) is 0.783. The topological polar surface area (TPSA) is 143 Å². The maximum absolute atomic E-state index is 13.7. The van der Waals surface area contributed by atoms with Gasteiger partial charge in [-0.05, 0) is 19.3 Å². The zero-order chi connectivity index (χ0) is 29.4. The number of nitrogens with one attached hydrogen (secondary N) is 4. The standard InChI is InChI=1S/C23H30F6N4O6/c1-20(2,19(24)25)6-13(32-17(37)18(38)33-22-8-21(26,9-22)10-22)16(36)31-12(5-11-3-4-30-15(11)35)14(34)7-39-23(27,28)29/h11-13,19H,3-10H2,1-2H3,(H,30,35)(H,31,36)(H,32,37)(H,33,38)/t11-,12-,13-,21?,22?/m0/s1. The third-order valence-corrected chi connectivity index (χ3v) is 7.26. The Labute approximate surface area is 219 Å². The lowest BCUT2D eigenvalue weighted by Gasteiger charge is -2.65. The van der Waals surface area contributed by atoms with Gasteiger partial charge in [-0.25, -0.2) is 13.2 Å². The molecule has 10 nitrogen and oxygen atoms in total. The van der Waals surface area contributed by atoms with Crippen LogP contribution < -0.4 is 21.3 Å². The maximum Gasteiger partial charge on any atom is 0.522 e. The summed E-state index contributed by atoms with van der Waals surface area (Å²) in [5.41, 5.74) is -4.16. The molecular formula is C23H30F6N4O6. The van der Waals surface area contributed by atoms with E-state index in [2.05, 4.69) is 20.7 Å². The first kappa shape index (κ1) is 30.6. The minimum atomic E-state index is -5.16. The highest BCUT2D eigenvalue weighted by Crippen LogP contribution is 2.62. The molecule has 1 heterocycles. The molecule has 0 radical (unpaired) electrons. The van der Waals surface area contributed by atoms with Crippen molar-refractivity contribution in [1.82, 2.24) is 21.3 Å². The lowest BCUT2D eigenvalue weighted by atomic mass is 9.47. The molecular weight excluding hydrogens is 542 g/mol. The van der Waals surface area contributed by atoms with Crippen LogP contribution in [0.25, 0.3) is 0 Å². The van der Waals surface area contributed by atoms with Crippen LogP contribution in [0.3, 0.4) is 0 Å². The number of ketones is 1. The monoisotopic (exact) mass is 572 g/mol. The van der Waals surface area contributed by atoms with Crippen molar-refractivity contribution in [1.29, 1.82) is 0 Å². The number of rotatable bonds is 12. The highest BCUT2D eigenvalue weighted by Gasteiger charge is 2.70. The second-order valence-electron chi connectivity index (χ2n) is 11.2. The molecule has 4 aliphatic rings. The van der Waals surface area contributed by atoms with E-state index in [1.165, 1.54) is 0 Å². The molecule has 1 aliphatic heterocycles. The van der Waals surface area contributed by atoms with Crippen molar-refractivity contribution in [2.75, 3.05) is 13.2 Å². The summed E-state index contributed by atoms with van der Waals surface area (Å²) in [6.07, 6.45) is -9.02. The van der Waals surface area contributed by atoms with Gasteiger partial charge in [-0.2, -0.15) is 0 Å². The van der Waals surface area contributed by atoms with E-state index in [1.54, 1.807) is 0 Å². The SMILES string of the molecule is CC(C)(C[C@H](NC(=O)C(=O)NC12CC(F)(C1)C2)C(=O)N[C@@H](C[C@@H]1CCNC1=O)C(=O)COC(F)(F)F)C(F)F. The van der Waals surface area contributed by atoms with Gasteiger partial charge in [0.15, 0.2) is 5.78 Å². The maximum atomic E-state index is 13.7. The van der Waals surface area contributed by atoms with Crippen LogP contribution in [0.15, 0.2) is 0 Å². The number of ether oxygens (including phenoxy) is 1. The zero-order valence-corrected chi connectivity index (χ0v) is 21.2. The van der Waals surface area contributed by atoms with E-state index in [0.29, 0.717) is 0 Å². The Morgan fingerprint density at radius 1 is 1.05 bits per heavy atom. The molecule has 0 aromatic heterocycles. The quantitative estimate of drug-likeness (QED) is 0.203. The zero-order valence-electron chi connectivity index (χ0n) is 21.2. The highest BCUT2D eigenvalue weighted by atomic mass is 19.4. The number of amides is 4. The van der Waals surface area contributed by atoms with E-state index in [1.807, 2.05) is 5.32 Å². The fourth-order valence-electron chi connectivity index (χ4n) is 5.09. The second kappa shape index (κ2) is 10.9. The smallest absolute Gasteiger partial charge is 0.356 e. The first-order valence-electron chi connectivity index (χ1n) is 12.3. The molecule has 4 N–H and O–H groups in total. The third-order valence-electron chi connectivity index (χ3n) is 7.26. The Morgan fingerprint density at radius 2 is 1.67 bits per heavy atom. The lowest BCUT2D eigenvalue weighted by Crippen LogP contribution is -2.77. The number of hydrogen-bond acceptors (Lipinski definition) is 6. The van der Waals surface area contributed by atoms with E-state index in [9.17, 15) is 50.3 Å². The Kier molecular flexibility index (Phi) is 8.58. The predicted molar refractivity (Wildman–Crippen MR) is 120 cm³/mol. The molecule has 3 atom stereocenters. The number of alkyl halides is 6. The van der Waals surface area contributed by atoms with Crippen molar-refractivity contribution in [3.05, 3.63) is 0 Å². The third kappa shape index (κ3) is 7.60. The predicted octanol–water partition coefficient (Wildman–Crippen LogP) is 1.03. The Hall–Kier alpha value is -2.91. The minimum absolute atomic E-state index is 0.0138. The van der Waals surface area contributed by atoms with Crippen molar-refractivity contribution < 1.29 is 55.1 Å². The largest absolute Gasteiger partial charge is 0.522 e. The molecule has 2 bridgehead atoms. The molecule has 0 spiro atoms. The number of Topliss-reactive ketones (excluding diaryl/α,β-unsaturated/α-hetero) is 1. The van der Waals surface area contributed by atoms with Crippen LogP contribution in [0.2, 0.25) is 0 Å². The van der Waals surface area contributed by atoms with Crippen LogP contribution in [-0.2, 0) is 28.7 Å². The van der Waals surface area contributed by atoms with Gasteiger partial charge in [-0.3, -0.25) is 28.7 Å². The van der Waals surface area contributed by atoms with Gasteiger partial charge in [0.1, 0.15) is 18.3 Å². The number of hydrogen-bond donors (Lipinski definition) is 4. The number of halogens is 6. The van der Waals surface area contributed by atoms with Crippen LogP contribution in [0.5, 0.6) is 0 Å². The van der Waals surface area contributed by atoms with E-state index >= 15 is 0 Å². The molecule has 0 aromatic carbocycles. The Morgan fingerprint density at radius 3 is 2.15 bits per heavy atom. The van der Waals surface area contributed by atoms with Crippen molar-refractivity contribution in [2.24, 2.45) is 11.3 Å². The normalized spacial score (nSPS) is 27.5.